The molecule has 0 amide bonds. The number of nitrogens with zero attached hydrogens (tertiary/aromatic N) is 4. The summed E-state index contributed by atoms with van der Waals surface area (Å²) in [7, 11) is -3.44. The van der Waals surface area contributed by atoms with Crippen molar-refractivity contribution in [2.75, 3.05) is 11.0 Å². The Morgan fingerprint density at radius 2 is 1.75 bits per heavy atom. The second kappa shape index (κ2) is 8.24. The van der Waals surface area contributed by atoms with Crippen LogP contribution in [-0.2, 0) is 10.0 Å². The number of hydrogen-bond acceptors (Lipinski definition) is 6. The monoisotopic (exact) mass is 499 g/mol. The maximum atomic E-state index is 14.5. The van der Waals surface area contributed by atoms with Gasteiger partial charge in [0.25, 0.3) is 0 Å². The van der Waals surface area contributed by atoms with Gasteiger partial charge in [-0.25, -0.2) is 22.8 Å². The molecular weight excluding hydrogens is 481 g/mol. The summed E-state index contributed by atoms with van der Waals surface area (Å²) in [4.78, 5) is 16.6. The number of sulfonamides is 1. The van der Waals surface area contributed by atoms with E-state index in [1.54, 1.807) is 36.7 Å². The largest absolute Gasteiger partial charge is 0.337 e. The number of pyridine rings is 2. The van der Waals surface area contributed by atoms with Crippen LogP contribution in [-0.4, -0.2) is 44.8 Å². The molecule has 0 atom stereocenters. The Hall–Kier alpha value is -4.64. The zero-order valence-electron chi connectivity index (χ0n) is 18.8. The van der Waals surface area contributed by atoms with Gasteiger partial charge in [0.1, 0.15) is 11.5 Å². The number of rotatable bonds is 5. The van der Waals surface area contributed by atoms with Crippen LogP contribution in [0.15, 0.2) is 73.2 Å². The number of anilines is 1. The molecule has 2 aromatic carbocycles. The molecule has 4 aromatic heterocycles. The van der Waals surface area contributed by atoms with E-state index in [0.717, 1.165) is 17.3 Å². The minimum atomic E-state index is -3.44. The molecule has 6 aromatic rings. The molecule has 0 radical (unpaired) electrons. The summed E-state index contributed by atoms with van der Waals surface area (Å²) >= 11 is 0. The predicted molar refractivity (Wildman–Crippen MR) is 136 cm³/mol. The average Bonchev–Trinajstić information content (AvgIpc) is 3.47. The van der Waals surface area contributed by atoms with Crippen LogP contribution in [0.5, 0.6) is 0 Å². The summed E-state index contributed by atoms with van der Waals surface area (Å²) in [5.74, 6) is 0.206. The van der Waals surface area contributed by atoms with Gasteiger partial charge in [0.15, 0.2) is 11.5 Å². The Bertz CT molecular complexity index is 1880. The minimum absolute atomic E-state index is 0.323. The first-order valence-electron chi connectivity index (χ1n) is 10.9. The fraction of sp³-hybridized carbons (Fsp3) is 0.0400. The van der Waals surface area contributed by atoms with Gasteiger partial charge in [0.2, 0.25) is 10.0 Å². The molecule has 36 heavy (non-hydrogen) atoms. The van der Waals surface area contributed by atoms with Gasteiger partial charge in [-0.05, 0) is 24.3 Å². The number of hydrogen-bond donors (Lipinski definition) is 3. The summed E-state index contributed by atoms with van der Waals surface area (Å²) < 4.78 is 40.1. The minimum Gasteiger partial charge on any atom is -0.337 e. The number of aromatic amines is 2. The topological polar surface area (TPSA) is 129 Å². The molecule has 3 N–H and O–H groups in total. The van der Waals surface area contributed by atoms with Gasteiger partial charge in [-0.15, -0.1) is 0 Å². The van der Waals surface area contributed by atoms with Crippen LogP contribution in [0, 0.1) is 5.82 Å². The molecular formula is C25H18FN7O2S. The first-order valence-corrected chi connectivity index (χ1v) is 12.8. The van der Waals surface area contributed by atoms with Crippen molar-refractivity contribution in [1.82, 2.24) is 30.1 Å². The highest BCUT2D eigenvalue weighted by Gasteiger charge is 2.17. The fourth-order valence-electron chi connectivity index (χ4n) is 4.15. The van der Waals surface area contributed by atoms with E-state index >= 15 is 0 Å². The molecule has 9 nitrogen and oxygen atoms in total. The van der Waals surface area contributed by atoms with Gasteiger partial charge in [-0.3, -0.25) is 14.8 Å². The summed E-state index contributed by atoms with van der Waals surface area (Å²) in [6, 6.07) is 15.7. The predicted octanol–water partition coefficient (Wildman–Crippen LogP) is 4.74. The number of imidazole rings is 1. The van der Waals surface area contributed by atoms with Crippen molar-refractivity contribution in [2.24, 2.45) is 0 Å². The third-order valence-corrected chi connectivity index (χ3v) is 6.30. The molecule has 178 valence electrons. The van der Waals surface area contributed by atoms with Gasteiger partial charge in [0, 0.05) is 34.6 Å². The van der Waals surface area contributed by atoms with Crippen molar-refractivity contribution in [3.8, 4) is 33.8 Å². The van der Waals surface area contributed by atoms with Gasteiger partial charge in [0.05, 0.1) is 34.6 Å². The molecule has 0 spiro atoms. The molecule has 0 fully saturated rings. The lowest BCUT2D eigenvalue weighted by molar-refractivity contribution is 0.607. The summed E-state index contributed by atoms with van der Waals surface area (Å²) in [5.41, 5.74) is 5.38. The third-order valence-electron chi connectivity index (χ3n) is 5.70. The SMILES string of the molecule is CS(=O)(=O)Nc1cncc(-c2cnc3n[nH]c(-c4nc5c(-c6ccccc6F)cccc5[nH]4)c3c2)c1. The van der Waals surface area contributed by atoms with Gasteiger partial charge in [-0.1, -0.05) is 30.3 Å². The summed E-state index contributed by atoms with van der Waals surface area (Å²) in [5, 5.41) is 8.00. The molecule has 11 heteroatoms. The Labute approximate surface area is 204 Å². The van der Waals surface area contributed by atoms with Crippen LogP contribution in [0.4, 0.5) is 10.1 Å². The van der Waals surface area contributed by atoms with E-state index in [0.29, 0.717) is 50.4 Å². The Kier molecular flexibility index (Phi) is 5.00. The van der Waals surface area contributed by atoms with Crippen molar-refractivity contribution >= 4 is 37.8 Å². The van der Waals surface area contributed by atoms with Crippen LogP contribution in [0.25, 0.3) is 55.8 Å². The van der Waals surface area contributed by atoms with Crippen LogP contribution >= 0.6 is 0 Å². The normalized spacial score (nSPS) is 11.8. The van der Waals surface area contributed by atoms with E-state index in [9.17, 15) is 12.8 Å². The highest BCUT2D eigenvalue weighted by atomic mass is 32.2. The quantitative estimate of drug-likeness (QED) is 0.314. The van der Waals surface area contributed by atoms with E-state index in [4.69, 9.17) is 4.98 Å². The van der Waals surface area contributed by atoms with Crippen LogP contribution < -0.4 is 4.72 Å². The average molecular weight is 500 g/mol. The first-order chi connectivity index (χ1) is 17.4. The first kappa shape index (κ1) is 21.9. The van der Waals surface area contributed by atoms with E-state index < -0.39 is 10.0 Å². The molecule has 0 aliphatic carbocycles. The number of benzene rings is 2. The van der Waals surface area contributed by atoms with E-state index in [2.05, 4.69) is 29.9 Å². The van der Waals surface area contributed by atoms with E-state index in [-0.39, 0.29) is 5.82 Å². The van der Waals surface area contributed by atoms with E-state index in [1.165, 1.54) is 12.3 Å². The smallest absolute Gasteiger partial charge is 0.229 e. The fourth-order valence-corrected chi connectivity index (χ4v) is 4.69. The van der Waals surface area contributed by atoms with Gasteiger partial charge < -0.3 is 4.98 Å². The number of nitrogens with one attached hydrogen (secondary N) is 3. The number of fused-ring (bicyclic) bond motifs is 2. The van der Waals surface area contributed by atoms with Crippen molar-refractivity contribution in [1.29, 1.82) is 0 Å². The maximum Gasteiger partial charge on any atom is 0.229 e. The second-order valence-electron chi connectivity index (χ2n) is 8.30. The van der Waals surface area contributed by atoms with Crippen molar-refractivity contribution in [3.63, 3.8) is 0 Å². The number of para-hydroxylation sites is 1. The highest BCUT2D eigenvalue weighted by Crippen LogP contribution is 2.33. The van der Waals surface area contributed by atoms with Crippen LogP contribution in [0.3, 0.4) is 0 Å². The highest BCUT2D eigenvalue weighted by molar-refractivity contribution is 7.92. The molecule has 0 saturated heterocycles. The zero-order valence-corrected chi connectivity index (χ0v) is 19.6. The Morgan fingerprint density at radius 3 is 2.58 bits per heavy atom. The van der Waals surface area contributed by atoms with Crippen molar-refractivity contribution < 1.29 is 12.8 Å². The van der Waals surface area contributed by atoms with Gasteiger partial charge >= 0.3 is 0 Å². The standard InChI is InChI=1S/C25H18FN7O2S/c1-36(34,35)33-16-9-14(11-27-13-16)15-10-19-23(31-32-24(19)28-12-15)25-29-21-8-4-6-18(22(21)30-25)17-5-2-3-7-20(17)26/h2-13,33H,1H3,(H,29,30)(H,28,31,32). The zero-order chi connectivity index (χ0) is 24.9. The van der Waals surface area contributed by atoms with Crippen molar-refractivity contribution in [2.45, 2.75) is 0 Å². The van der Waals surface area contributed by atoms with Crippen molar-refractivity contribution in [3.05, 3.63) is 79.0 Å². The molecule has 0 unspecified atom stereocenters. The number of H-pyrrole nitrogens is 2. The summed E-state index contributed by atoms with van der Waals surface area (Å²) in [6.07, 6.45) is 5.78. The lowest BCUT2D eigenvalue weighted by atomic mass is 10.0. The molecule has 6 rings (SSSR count). The van der Waals surface area contributed by atoms with Crippen LogP contribution in [0.2, 0.25) is 0 Å². The molecule has 0 aliphatic rings. The van der Waals surface area contributed by atoms with Gasteiger partial charge in [-0.2, -0.15) is 5.10 Å². The Balaban J connectivity index is 1.46. The Morgan fingerprint density at radius 1 is 0.944 bits per heavy atom. The van der Waals surface area contributed by atoms with Crippen LogP contribution in [0.1, 0.15) is 0 Å². The maximum absolute atomic E-state index is 14.5. The molecule has 0 saturated carbocycles. The molecule has 0 aliphatic heterocycles. The second-order valence-corrected chi connectivity index (χ2v) is 10.0. The third kappa shape index (κ3) is 3.95. The lowest BCUT2D eigenvalue weighted by Crippen LogP contribution is -2.09. The lowest BCUT2D eigenvalue weighted by Gasteiger charge is -2.06. The van der Waals surface area contributed by atoms with E-state index in [1.807, 2.05) is 24.3 Å². The molecule has 4 heterocycles. The number of aromatic nitrogens is 6. The number of halogens is 1. The molecule has 0 bridgehead atoms. The summed E-state index contributed by atoms with van der Waals surface area (Å²) in [6.45, 7) is 0.